The number of nitrogens with one attached hydrogen (secondary N) is 1. The zero-order chi connectivity index (χ0) is 24.3. The van der Waals surface area contributed by atoms with Crippen molar-refractivity contribution in [3.05, 3.63) is 41.9 Å². The third kappa shape index (κ3) is 6.21. The van der Waals surface area contributed by atoms with Crippen LogP contribution in [-0.2, 0) is 19.0 Å². The van der Waals surface area contributed by atoms with Gasteiger partial charge in [-0.2, -0.15) is 0 Å². The molecule has 0 unspecified atom stereocenters. The molecule has 0 radical (unpaired) electrons. The highest BCUT2D eigenvalue weighted by molar-refractivity contribution is 5.77. The van der Waals surface area contributed by atoms with Crippen LogP contribution in [0.4, 0.5) is 17.6 Å². The van der Waals surface area contributed by atoms with Crippen LogP contribution < -0.4 is 10.1 Å². The lowest BCUT2D eigenvalue weighted by atomic mass is 9.82. The van der Waals surface area contributed by atoms with Gasteiger partial charge in [-0.3, -0.25) is 9.53 Å². The van der Waals surface area contributed by atoms with Gasteiger partial charge in [0.05, 0.1) is 24.9 Å². The Morgan fingerprint density at radius 1 is 1.15 bits per heavy atom. The van der Waals surface area contributed by atoms with Gasteiger partial charge in [-0.1, -0.05) is 0 Å². The molecule has 9 nitrogen and oxygen atoms in total. The molecule has 0 bridgehead atoms. The zero-order valence-electron chi connectivity index (χ0n) is 18.1. The molecule has 1 aromatic carbocycles. The number of methoxy groups -OCH3 is 1. The van der Waals surface area contributed by atoms with Crippen molar-refractivity contribution in [3.8, 4) is 5.75 Å². The van der Waals surface area contributed by atoms with E-state index in [1.807, 2.05) is 0 Å². The lowest BCUT2D eigenvalue weighted by Gasteiger charge is -2.34. The summed E-state index contributed by atoms with van der Waals surface area (Å²) in [5, 5.41) is 10.7. The number of rotatable bonds is 8. The van der Waals surface area contributed by atoms with E-state index in [0.29, 0.717) is 12.2 Å². The third-order valence-electron chi connectivity index (χ3n) is 5.63. The number of hydrogen-bond donors (Lipinski definition) is 1. The Bertz CT molecular complexity index is 964. The minimum atomic E-state index is -4.67. The molecule has 1 N–H and O–H groups in total. The van der Waals surface area contributed by atoms with E-state index >= 15 is 0 Å². The van der Waals surface area contributed by atoms with E-state index in [1.54, 1.807) is 0 Å². The molecule has 0 spiro atoms. The molecular weight excluding hydrogens is 466 g/mol. The van der Waals surface area contributed by atoms with E-state index in [1.165, 1.54) is 31.4 Å². The number of carbonyl (C=O) groups is 1. The normalized spacial score (nSPS) is 27.1. The van der Waals surface area contributed by atoms with Gasteiger partial charge in [-0.15, -0.1) is 23.4 Å². The molecule has 1 aromatic heterocycles. The predicted molar refractivity (Wildman–Crippen MR) is 105 cm³/mol. The van der Waals surface area contributed by atoms with E-state index in [0.717, 1.165) is 0 Å². The van der Waals surface area contributed by atoms with E-state index in [-0.39, 0.29) is 55.7 Å². The average Bonchev–Trinajstić information content (AvgIpc) is 3.24. The second-order valence-corrected chi connectivity index (χ2v) is 8.10. The maximum Gasteiger partial charge on any atom is 0.522 e. The molecule has 2 heterocycles. The summed E-state index contributed by atoms with van der Waals surface area (Å²) in [4.78, 5) is 12.2. The Morgan fingerprint density at radius 3 is 2.53 bits per heavy atom. The zero-order valence-corrected chi connectivity index (χ0v) is 18.1. The van der Waals surface area contributed by atoms with Crippen LogP contribution in [0.25, 0.3) is 0 Å². The standard InChI is InChI=1S/C21H23F4N3O6/c1-30-16-8-13(26-17(29)10-31-14-4-2-12(22)3-5-14)9-32-18(16)20-28-27-19(33-20)11-6-15(7-11)34-21(23,24)25/h2-5,11,13,15-16,18H,6-10H2,1H3,(H,26,29)/t11-,13-,15+,16+,18+/m1/s1. The molecule has 186 valence electrons. The van der Waals surface area contributed by atoms with Crippen LogP contribution in [0, 0.1) is 5.82 Å². The van der Waals surface area contributed by atoms with Crippen molar-refractivity contribution in [2.75, 3.05) is 20.3 Å². The molecule has 4 rings (SSSR count). The second kappa shape index (κ2) is 10.2. The number of hydrogen-bond acceptors (Lipinski definition) is 8. The van der Waals surface area contributed by atoms with Crippen molar-refractivity contribution in [1.29, 1.82) is 0 Å². The minimum absolute atomic E-state index is 0.133. The fourth-order valence-corrected chi connectivity index (χ4v) is 3.88. The monoisotopic (exact) mass is 489 g/mol. The molecule has 2 aliphatic rings. The van der Waals surface area contributed by atoms with Gasteiger partial charge in [0, 0.05) is 13.0 Å². The molecule has 2 aromatic rings. The average molecular weight is 489 g/mol. The second-order valence-electron chi connectivity index (χ2n) is 8.10. The summed E-state index contributed by atoms with van der Waals surface area (Å²) >= 11 is 0. The Kier molecular flexibility index (Phi) is 7.33. The Hall–Kier alpha value is -2.77. The quantitative estimate of drug-likeness (QED) is 0.565. The lowest BCUT2D eigenvalue weighted by Crippen LogP contribution is -2.48. The first-order valence-corrected chi connectivity index (χ1v) is 10.6. The topological polar surface area (TPSA) is 105 Å². The predicted octanol–water partition coefficient (Wildman–Crippen LogP) is 3.03. The Labute approximate surface area is 191 Å². The SMILES string of the molecule is CO[C@H]1C[C@@H](NC(=O)COc2ccc(F)cc2)CO[C@@H]1c1nnc([C@H]2C[C@@H](OC(F)(F)F)C2)o1. The smallest absolute Gasteiger partial charge is 0.484 e. The van der Waals surface area contributed by atoms with E-state index < -0.39 is 30.5 Å². The van der Waals surface area contributed by atoms with Crippen molar-refractivity contribution in [2.24, 2.45) is 0 Å². The fraction of sp³-hybridized carbons (Fsp3) is 0.571. The molecule has 3 atom stereocenters. The van der Waals surface area contributed by atoms with E-state index in [9.17, 15) is 22.4 Å². The number of alkyl halides is 3. The number of nitrogens with zero attached hydrogens (tertiary/aromatic N) is 2. The fourth-order valence-electron chi connectivity index (χ4n) is 3.88. The molecule has 1 saturated heterocycles. The summed E-state index contributed by atoms with van der Waals surface area (Å²) in [5.74, 6) is -0.355. The van der Waals surface area contributed by atoms with Gasteiger partial charge < -0.3 is 23.9 Å². The first kappa shape index (κ1) is 24.4. The van der Waals surface area contributed by atoms with Gasteiger partial charge in [0.25, 0.3) is 5.91 Å². The van der Waals surface area contributed by atoms with Gasteiger partial charge in [0.15, 0.2) is 12.7 Å². The molecule has 1 aliphatic carbocycles. The molecular formula is C21H23F4N3O6. The number of carbonyl (C=O) groups excluding carboxylic acids is 1. The van der Waals surface area contributed by atoms with Gasteiger partial charge in [-0.05, 0) is 43.5 Å². The van der Waals surface area contributed by atoms with Crippen molar-refractivity contribution in [3.63, 3.8) is 0 Å². The van der Waals surface area contributed by atoms with Crippen LogP contribution in [0.1, 0.15) is 43.1 Å². The van der Waals surface area contributed by atoms with Crippen LogP contribution in [0.5, 0.6) is 5.75 Å². The molecule has 1 saturated carbocycles. The number of aromatic nitrogens is 2. The van der Waals surface area contributed by atoms with Crippen LogP contribution >= 0.6 is 0 Å². The summed E-state index contributed by atoms with van der Waals surface area (Å²) in [6.45, 7) is -0.105. The van der Waals surface area contributed by atoms with Crippen molar-refractivity contribution >= 4 is 5.91 Å². The number of halogens is 4. The number of benzene rings is 1. The van der Waals surface area contributed by atoms with E-state index in [2.05, 4.69) is 20.3 Å². The maximum absolute atomic E-state index is 12.9. The van der Waals surface area contributed by atoms with Gasteiger partial charge in [-0.25, -0.2) is 4.39 Å². The highest BCUT2D eigenvalue weighted by Gasteiger charge is 2.43. The molecule has 34 heavy (non-hydrogen) atoms. The van der Waals surface area contributed by atoms with Crippen LogP contribution in [0.2, 0.25) is 0 Å². The highest BCUT2D eigenvalue weighted by Crippen LogP contribution is 2.41. The van der Waals surface area contributed by atoms with E-state index in [4.69, 9.17) is 18.6 Å². The first-order chi connectivity index (χ1) is 16.2. The van der Waals surface area contributed by atoms with Gasteiger partial charge >= 0.3 is 6.36 Å². The summed E-state index contributed by atoms with van der Waals surface area (Å²) in [5.41, 5.74) is 0. The summed E-state index contributed by atoms with van der Waals surface area (Å²) in [6.07, 6.45) is -6.12. The minimum Gasteiger partial charge on any atom is -0.484 e. The largest absolute Gasteiger partial charge is 0.522 e. The summed E-state index contributed by atoms with van der Waals surface area (Å²) in [6, 6.07) is 4.94. The van der Waals surface area contributed by atoms with Gasteiger partial charge in [0.2, 0.25) is 11.8 Å². The summed E-state index contributed by atoms with van der Waals surface area (Å²) < 4.78 is 76.0. The van der Waals surface area contributed by atoms with Crippen molar-refractivity contribution in [2.45, 2.75) is 55.9 Å². The van der Waals surface area contributed by atoms with Crippen LogP contribution in [0.3, 0.4) is 0 Å². The molecule has 2 fully saturated rings. The molecule has 1 aliphatic heterocycles. The third-order valence-corrected chi connectivity index (χ3v) is 5.63. The lowest BCUT2D eigenvalue weighted by molar-refractivity contribution is -0.352. The molecule has 13 heteroatoms. The Balaban J connectivity index is 1.25. The van der Waals surface area contributed by atoms with Crippen LogP contribution in [-0.4, -0.2) is 61.0 Å². The van der Waals surface area contributed by atoms with Gasteiger partial charge in [0.1, 0.15) is 11.6 Å². The first-order valence-electron chi connectivity index (χ1n) is 10.6. The van der Waals surface area contributed by atoms with Crippen molar-refractivity contribution in [1.82, 2.24) is 15.5 Å². The summed E-state index contributed by atoms with van der Waals surface area (Å²) in [7, 11) is 1.48. The maximum atomic E-state index is 12.9. The Morgan fingerprint density at radius 2 is 1.85 bits per heavy atom. The van der Waals surface area contributed by atoms with Crippen molar-refractivity contribution < 1.29 is 45.7 Å². The highest BCUT2D eigenvalue weighted by atomic mass is 19.4. The van der Waals surface area contributed by atoms with Crippen LogP contribution in [0.15, 0.2) is 28.7 Å². The number of ether oxygens (including phenoxy) is 4. The number of amides is 1. The molecule has 1 amide bonds.